The molecule has 0 unspecified atom stereocenters. The average molecular weight is 358 g/mol. The molecule has 1 aromatic heterocycles. The number of benzene rings is 2. The molecule has 2 heterocycles. The molecule has 0 bridgehead atoms. The van der Waals surface area contributed by atoms with E-state index in [-0.39, 0.29) is 11.8 Å². The van der Waals surface area contributed by atoms with Crippen molar-refractivity contribution in [3.63, 3.8) is 0 Å². The van der Waals surface area contributed by atoms with Gasteiger partial charge in [0.15, 0.2) is 0 Å². The maximum atomic E-state index is 12.3. The summed E-state index contributed by atoms with van der Waals surface area (Å²) < 4.78 is 29.0. The van der Waals surface area contributed by atoms with Gasteiger partial charge < -0.3 is 14.8 Å². The first-order chi connectivity index (χ1) is 12.5. The molecular formula is C19H16F2N2O3. The molecule has 3 aromatic rings. The summed E-state index contributed by atoms with van der Waals surface area (Å²) in [6.07, 6.45) is 0.373. The second-order valence-electron chi connectivity index (χ2n) is 6.20. The Morgan fingerprint density at radius 1 is 1.15 bits per heavy atom. The van der Waals surface area contributed by atoms with E-state index in [1.807, 2.05) is 24.3 Å². The SMILES string of the molecule is O=C(O)[C@H]1Cc2c([nH]c3ccccc23)[C@@H](c2ccc(OC(F)F)cc2)N1. The largest absolute Gasteiger partial charge is 0.480 e. The van der Waals surface area contributed by atoms with Crippen LogP contribution in [0.15, 0.2) is 48.5 Å². The normalized spacial score (nSPS) is 19.5. The third kappa shape index (κ3) is 2.90. The molecule has 1 aliphatic rings. The summed E-state index contributed by atoms with van der Waals surface area (Å²) in [4.78, 5) is 15.0. The summed E-state index contributed by atoms with van der Waals surface area (Å²) in [7, 11) is 0. The van der Waals surface area contributed by atoms with Gasteiger partial charge in [0.25, 0.3) is 0 Å². The van der Waals surface area contributed by atoms with Crippen LogP contribution in [0.1, 0.15) is 22.9 Å². The Balaban J connectivity index is 1.77. The fraction of sp³-hybridized carbons (Fsp3) is 0.211. The van der Waals surface area contributed by atoms with Gasteiger partial charge in [0, 0.05) is 23.0 Å². The first-order valence-corrected chi connectivity index (χ1v) is 8.16. The van der Waals surface area contributed by atoms with Crippen molar-refractivity contribution in [2.24, 2.45) is 0 Å². The number of carboxylic acids is 1. The molecule has 3 N–H and O–H groups in total. The number of rotatable bonds is 4. The summed E-state index contributed by atoms with van der Waals surface area (Å²) in [6, 6.07) is 12.9. The van der Waals surface area contributed by atoms with Crippen LogP contribution in [0.25, 0.3) is 10.9 Å². The molecule has 2 atom stereocenters. The van der Waals surface area contributed by atoms with Crippen molar-refractivity contribution in [1.29, 1.82) is 0 Å². The maximum Gasteiger partial charge on any atom is 0.387 e. The van der Waals surface area contributed by atoms with Crippen LogP contribution < -0.4 is 10.1 Å². The lowest BCUT2D eigenvalue weighted by molar-refractivity contribution is -0.139. The molecule has 7 heteroatoms. The lowest BCUT2D eigenvalue weighted by Crippen LogP contribution is -2.44. The van der Waals surface area contributed by atoms with Crippen LogP contribution in [0, 0.1) is 0 Å². The number of hydrogen-bond donors (Lipinski definition) is 3. The number of para-hydroxylation sites is 1. The van der Waals surface area contributed by atoms with Gasteiger partial charge >= 0.3 is 12.6 Å². The van der Waals surface area contributed by atoms with Gasteiger partial charge in [-0.15, -0.1) is 0 Å². The molecule has 5 nitrogen and oxygen atoms in total. The van der Waals surface area contributed by atoms with Crippen LogP contribution in [-0.4, -0.2) is 28.7 Å². The van der Waals surface area contributed by atoms with E-state index in [2.05, 4.69) is 15.0 Å². The molecule has 0 spiro atoms. The van der Waals surface area contributed by atoms with Gasteiger partial charge in [-0.05, 0) is 29.3 Å². The summed E-state index contributed by atoms with van der Waals surface area (Å²) in [5.74, 6) is -0.866. The monoisotopic (exact) mass is 358 g/mol. The first kappa shape index (κ1) is 16.5. The molecular weight excluding hydrogens is 342 g/mol. The number of carboxylic acid groups (broad SMARTS) is 1. The molecule has 4 rings (SSSR count). The van der Waals surface area contributed by atoms with Crippen molar-refractivity contribution in [2.75, 3.05) is 0 Å². The Hall–Kier alpha value is -2.93. The number of H-pyrrole nitrogens is 1. The van der Waals surface area contributed by atoms with Gasteiger partial charge in [-0.3, -0.25) is 10.1 Å². The highest BCUT2D eigenvalue weighted by atomic mass is 19.3. The van der Waals surface area contributed by atoms with Crippen LogP contribution in [0.2, 0.25) is 0 Å². The number of hydrogen-bond acceptors (Lipinski definition) is 3. The molecule has 0 saturated carbocycles. The number of ether oxygens (including phenoxy) is 1. The van der Waals surface area contributed by atoms with Gasteiger partial charge in [0.2, 0.25) is 0 Å². The minimum atomic E-state index is -2.88. The van der Waals surface area contributed by atoms with Crippen molar-refractivity contribution < 1.29 is 23.4 Å². The fourth-order valence-electron chi connectivity index (χ4n) is 3.50. The Labute approximate surface area is 147 Å². The summed E-state index contributed by atoms with van der Waals surface area (Å²) >= 11 is 0. The first-order valence-electron chi connectivity index (χ1n) is 8.16. The van der Waals surface area contributed by atoms with Gasteiger partial charge in [0.05, 0.1) is 6.04 Å². The number of aliphatic carboxylic acids is 1. The second-order valence-corrected chi connectivity index (χ2v) is 6.20. The Morgan fingerprint density at radius 2 is 1.88 bits per heavy atom. The van der Waals surface area contributed by atoms with Crippen LogP contribution in [0.3, 0.4) is 0 Å². The second kappa shape index (κ2) is 6.42. The van der Waals surface area contributed by atoms with E-state index < -0.39 is 18.6 Å². The minimum absolute atomic E-state index is 0.0613. The smallest absolute Gasteiger partial charge is 0.387 e. The topological polar surface area (TPSA) is 74.3 Å². The molecule has 0 saturated heterocycles. The maximum absolute atomic E-state index is 12.3. The highest BCUT2D eigenvalue weighted by molar-refractivity contribution is 5.87. The van der Waals surface area contributed by atoms with Crippen molar-refractivity contribution in [3.05, 3.63) is 65.4 Å². The van der Waals surface area contributed by atoms with Crippen LogP contribution in [0.4, 0.5) is 8.78 Å². The van der Waals surface area contributed by atoms with E-state index in [0.717, 1.165) is 27.7 Å². The molecule has 0 radical (unpaired) electrons. The molecule has 2 aromatic carbocycles. The Bertz CT molecular complexity index is 953. The number of fused-ring (bicyclic) bond motifs is 3. The summed E-state index contributed by atoms with van der Waals surface area (Å²) in [5, 5.41) is 13.6. The third-order valence-corrected chi connectivity index (χ3v) is 4.65. The predicted molar refractivity (Wildman–Crippen MR) is 91.5 cm³/mol. The van der Waals surface area contributed by atoms with Crippen LogP contribution in [-0.2, 0) is 11.2 Å². The number of nitrogens with one attached hydrogen (secondary N) is 2. The molecule has 1 aliphatic heterocycles. The average Bonchev–Trinajstić information content (AvgIpc) is 3.00. The zero-order chi connectivity index (χ0) is 18.3. The molecule has 134 valence electrons. The van der Waals surface area contributed by atoms with Gasteiger partial charge in [-0.1, -0.05) is 30.3 Å². The van der Waals surface area contributed by atoms with E-state index in [9.17, 15) is 18.7 Å². The van der Waals surface area contributed by atoms with E-state index >= 15 is 0 Å². The van der Waals surface area contributed by atoms with Gasteiger partial charge in [-0.25, -0.2) is 0 Å². The summed E-state index contributed by atoms with van der Waals surface area (Å²) in [6.45, 7) is -2.88. The lowest BCUT2D eigenvalue weighted by Gasteiger charge is -2.29. The van der Waals surface area contributed by atoms with Crippen LogP contribution >= 0.6 is 0 Å². The highest BCUT2D eigenvalue weighted by Gasteiger charge is 2.33. The van der Waals surface area contributed by atoms with Crippen LogP contribution in [0.5, 0.6) is 5.75 Å². The van der Waals surface area contributed by atoms with Gasteiger partial charge in [-0.2, -0.15) is 8.78 Å². The van der Waals surface area contributed by atoms with E-state index in [1.54, 1.807) is 12.1 Å². The fourth-order valence-corrected chi connectivity index (χ4v) is 3.50. The number of alkyl halides is 2. The molecule has 0 fully saturated rings. The van der Waals surface area contributed by atoms with Crippen molar-refractivity contribution in [2.45, 2.75) is 25.1 Å². The lowest BCUT2D eigenvalue weighted by atomic mass is 9.90. The Morgan fingerprint density at radius 3 is 2.58 bits per heavy atom. The minimum Gasteiger partial charge on any atom is -0.480 e. The predicted octanol–water partition coefficient (Wildman–Crippen LogP) is 3.46. The highest BCUT2D eigenvalue weighted by Crippen LogP contribution is 2.35. The number of carbonyl (C=O) groups is 1. The van der Waals surface area contributed by atoms with E-state index in [0.29, 0.717) is 6.42 Å². The quantitative estimate of drug-likeness (QED) is 0.668. The third-order valence-electron chi connectivity index (χ3n) is 4.65. The number of aromatic amines is 1. The van der Waals surface area contributed by atoms with Gasteiger partial charge in [0.1, 0.15) is 11.8 Å². The van der Waals surface area contributed by atoms with E-state index in [1.165, 1.54) is 12.1 Å². The number of halogens is 2. The molecule has 0 amide bonds. The standard InChI is InChI=1S/C19H16F2N2O3/c20-19(21)26-11-7-5-10(6-8-11)16-17-13(9-15(23-16)18(24)25)12-3-1-2-4-14(12)22-17/h1-8,15-16,19,22-23H,9H2,(H,24,25)/t15-,16-/m1/s1. The van der Waals surface area contributed by atoms with Crippen molar-refractivity contribution in [3.8, 4) is 5.75 Å². The van der Waals surface area contributed by atoms with Crippen molar-refractivity contribution >= 4 is 16.9 Å². The van der Waals surface area contributed by atoms with Crippen molar-refractivity contribution in [1.82, 2.24) is 10.3 Å². The zero-order valence-electron chi connectivity index (χ0n) is 13.6. The van der Waals surface area contributed by atoms with E-state index in [4.69, 9.17) is 0 Å². The number of aromatic nitrogens is 1. The molecule has 0 aliphatic carbocycles. The summed E-state index contributed by atoms with van der Waals surface area (Å²) in [5.41, 5.74) is 3.56. The Kier molecular flexibility index (Phi) is 4.08. The molecule has 26 heavy (non-hydrogen) atoms. The zero-order valence-corrected chi connectivity index (χ0v) is 13.6.